The third kappa shape index (κ3) is 2.12. The van der Waals surface area contributed by atoms with Gasteiger partial charge in [0.15, 0.2) is 0 Å². The Morgan fingerprint density at radius 2 is 1.96 bits per heavy atom. The number of hydrogen-bond donors (Lipinski definition) is 3. The summed E-state index contributed by atoms with van der Waals surface area (Å²) in [5, 5.41) is 14.0. The highest BCUT2D eigenvalue weighted by atomic mass is 16.3. The number of rotatable bonds is 5. The average Bonchev–Trinajstić information content (AvgIpc) is 3.21. The first-order valence-corrected chi connectivity index (χ1v) is 8.58. The van der Waals surface area contributed by atoms with Crippen molar-refractivity contribution in [2.75, 3.05) is 5.32 Å². The summed E-state index contributed by atoms with van der Waals surface area (Å²) in [6.45, 7) is 2.12. The third-order valence-corrected chi connectivity index (χ3v) is 6.27. The van der Waals surface area contributed by atoms with Crippen molar-refractivity contribution in [3.05, 3.63) is 42.0 Å². The molecule has 3 aliphatic carbocycles. The second kappa shape index (κ2) is 5.10. The van der Waals surface area contributed by atoms with E-state index in [0.717, 1.165) is 24.9 Å². The topological polar surface area (TPSA) is 75.3 Å². The summed E-state index contributed by atoms with van der Waals surface area (Å²) in [4.78, 5) is 12.0. The van der Waals surface area contributed by atoms with Crippen molar-refractivity contribution in [1.82, 2.24) is 0 Å². The highest BCUT2D eigenvalue weighted by Gasteiger charge is 2.69. The number of nitrogens with two attached hydrogens (primary N) is 1. The van der Waals surface area contributed by atoms with Crippen molar-refractivity contribution >= 4 is 11.6 Å². The minimum absolute atomic E-state index is 0.129. The summed E-state index contributed by atoms with van der Waals surface area (Å²) in [7, 11) is 0. The number of amides is 1. The molecular formula is C19H24N2O2. The Kier molecular flexibility index (Phi) is 3.27. The van der Waals surface area contributed by atoms with E-state index in [9.17, 15) is 9.90 Å². The Hall–Kier alpha value is -1.81. The maximum Gasteiger partial charge on any atom is 0.221 e. The molecule has 1 aromatic rings. The number of allylic oxidation sites excluding steroid dienone is 2. The zero-order valence-electron chi connectivity index (χ0n) is 13.4. The Balaban J connectivity index is 1.56. The second-order valence-electron chi connectivity index (χ2n) is 7.31. The lowest BCUT2D eigenvalue weighted by Gasteiger charge is -2.31. The van der Waals surface area contributed by atoms with Crippen LogP contribution in [0.5, 0.6) is 0 Å². The van der Waals surface area contributed by atoms with Gasteiger partial charge in [-0.1, -0.05) is 31.2 Å². The number of primary amides is 1. The molecule has 0 aromatic heterocycles. The molecule has 4 rings (SSSR count). The molecule has 122 valence electrons. The maximum atomic E-state index is 12.0. The van der Waals surface area contributed by atoms with Gasteiger partial charge in [-0.25, -0.2) is 0 Å². The SMILES string of the molecule is CCc1ccc(NC(O)C2C(C(N)=O)C3C=CC2C32CC2)cc1. The fourth-order valence-electron chi connectivity index (χ4n) is 4.97. The summed E-state index contributed by atoms with van der Waals surface area (Å²) in [5.41, 5.74) is 8.04. The van der Waals surface area contributed by atoms with Crippen LogP contribution in [0.15, 0.2) is 36.4 Å². The zero-order valence-corrected chi connectivity index (χ0v) is 13.4. The number of benzene rings is 1. The summed E-state index contributed by atoms with van der Waals surface area (Å²) < 4.78 is 0. The van der Waals surface area contributed by atoms with Crippen molar-refractivity contribution in [2.24, 2.45) is 34.8 Å². The van der Waals surface area contributed by atoms with Crippen LogP contribution in [0.4, 0.5) is 5.69 Å². The van der Waals surface area contributed by atoms with Gasteiger partial charge in [-0.2, -0.15) is 0 Å². The van der Waals surface area contributed by atoms with Crippen LogP contribution < -0.4 is 11.1 Å². The van der Waals surface area contributed by atoms with Gasteiger partial charge in [-0.3, -0.25) is 4.79 Å². The lowest BCUT2D eigenvalue weighted by Crippen LogP contribution is -2.42. The first kappa shape index (κ1) is 14.8. The standard InChI is InChI=1S/C19H24N2O2/c1-2-11-3-5-12(6-4-11)21-18(23)16-14-8-7-13(15(16)17(20)22)19(14)9-10-19/h3-8,13-16,18,21,23H,2,9-10H2,1H3,(H2,20,22). The molecule has 2 fully saturated rings. The molecule has 1 spiro atoms. The number of aliphatic hydroxyl groups excluding tert-OH is 1. The zero-order chi connectivity index (χ0) is 16.2. The quantitative estimate of drug-likeness (QED) is 0.577. The predicted molar refractivity (Wildman–Crippen MR) is 89.4 cm³/mol. The lowest BCUT2D eigenvalue weighted by atomic mass is 9.81. The number of carbonyl (C=O) groups excluding carboxylic acids is 1. The summed E-state index contributed by atoms with van der Waals surface area (Å²) in [6, 6.07) is 8.09. The minimum atomic E-state index is -0.752. The van der Waals surface area contributed by atoms with Gasteiger partial charge in [0.1, 0.15) is 6.23 Å². The van der Waals surface area contributed by atoms with E-state index in [2.05, 4.69) is 36.5 Å². The van der Waals surface area contributed by atoms with Crippen LogP contribution in [0.3, 0.4) is 0 Å². The molecule has 0 saturated heterocycles. The van der Waals surface area contributed by atoms with Crippen LogP contribution in [0.25, 0.3) is 0 Å². The fourth-order valence-corrected chi connectivity index (χ4v) is 4.97. The maximum absolute atomic E-state index is 12.0. The monoisotopic (exact) mass is 312 g/mol. The van der Waals surface area contributed by atoms with Gasteiger partial charge >= 0.3 is 0 Å². The largest absolute Gasteiger partial charge is 0.373 e. The van der Waals surface area contributed by atoms with Crippen molar-refractivity contribution in [3.8, 4) is 0 Å². The van der Waals surface area contributed by atoms with E-state index in [1.165, 1.54) is 5.56 Å². The molecule has 1 amide bonds. The van der Waals surface area contributed by atoms with E-state index in [4.69, 9.17) is 5.73 Å². The van der Waals surface area contributed by atoms with E-state index < -0.39 is 6.23 Å². The van der Waals surface area contributed by atoms with E-state index in [1.54, 1.807) is 0 Å². The first-order valence-electron chi connectivity index (χ1n) is 8.58. The molecular weight excluding hydrogens is 288 g/mol. The van der Waals surface area contributed by atoms with Gasteiger partial charge < -0.3 is 16.2 Å². The molecule has 2 bridgehead atoms. The third-order valence-electron chi connectivity index (χ3n) is 6.27. The Bertz CT molecular complexity index is 648. The number of hydrogen-bond acceptors (Lipinski definition) is 3. The molecule has 5 unspecified atom stereocenters. The highest BCUT2D eigenvalue weighted by molar-refractivity contribution is 5.79. The predicted octanol–water partition coefficient (Wildman–Crippen LogP) is 2.29. The molecule has 5 atom stereocenters. The lowest BCUT2D eigenvalue weighted by molar-refractivity contribution is -0.125. The molecule has 23 heavy (non-hydrogen) atoms. The molecule has 0 heterocycles. The van der Waals surface area contributed by atoms with Crippen LogP contribution in [-0.2, 0) is 11.2 Å². The van der Waals surface area contributed by atoms with Gasteiger partial charge in [-0.15, -0.1) is 0 Å². The number of anilines is 1. The summed E-state index contributed by atoms with van der Waals surface area (Å²) >= 11 is 0. The minimum Gasteiger partial charge on any atom is -0.373 e. The molecule has 0 aliphatic heterocycles. The van der Waals surface area contributed by atoms with Crippen LogP contribution in [-0.4, -0.2) is 17.2 Å². The smallest absolute Gasteiger partial charge is 0.221 e. The van der Waals surface area contributed by atoms with Crippen LogP contribution in [0, 0.1) is 29.1 Å². The molecule has 4 heteroatoms. The van der Waals surface area contributed by atoms with Crippen molar-refractivity contribution in [2.45, 2.75) is 32.4 Å². The molecule has 0 radical (unpaired) electrons. The van der Waals surface area contributed by atoms with Gasteiger partial charge in [0.25, 0.3) is 0 Å². The molecule has 1 aromatic carbocycles. The van der Waals surface area contributed by atoms with Gasteiger partial charge in [0, 0.05) is 11.6 Å². The van der Waals surface area contributed by atoms with Crippen molar-refractivity contribution in [3.63, 3.8) is 0 Å². The second-order valence-corrected chi connectivity index (χ2v) is 7.31. The number of aliphatic hydroxyl groups is 1. The molecule has 4 nitrogen and oxygen atoms in total. The Morgan fingerprint density at radius 3 is 2.52 bits per heavy atom. The summed E-state index contributed by atoms with van der Waals surface area (Å²) in [6.07, 6.45) is 6.89. The normalized spacial score (nSPS) is 33.8. The molecule has 3 aliphatic rings. The highest BCUT2D eigenvalue weighted by Crippen LogP contribution is 2.72. The summed E-state index contributed by atoms with van der Waals surface area (Å²) in [5.74, 6) is -0.183. The van der Waals surface area contributed by atoms with E-state index in [-0.39, 0.29) is 35.0 Å². The number of nitrogens with one attached hydrogen (secondary N) is 1. The van der Waals surface area contributed by atoms with Crippen molar-refractivity contribution < 1.29 is 9.90 Å². The Labute approximate surface area is 136 Å². The van der Waals surface area contributed by atoms with Gasteiger partial charge in [0.05, 0.1) is 5.92 Å². The number of aryl methyl sites for hydroxylation is 1. The van der Waals surface area contributed by atoms with Crippen LogP contribution in [0.1, 0.15) is 25.3 Å². The van der Waals surface area contributed by atoms with Crippen molar-refractivity contribution in [1.29, 1.82) is 0 Å². The first-order chi connectivity index (χ1) is 11.1. The van der Waals surface area contributed by atoms with Crippen LogP contribution in [0.2, 0.25) is 0 Å². The van der Waals surface area contributed by atoms with Gasteiger partial charge in [-0.05, 0) is 54.2 Å². The average molecular weight is 312 g/mol. The van der Waals surface area contributed by atoms with E-state index in [1.807, 2.05) is 12.1 Å². The molecule has 2 saturated carbocycles. The fraction of sp³-hybridized carbons (Fsp3) is 0.526. The molecule has 4 N–H and O–H groups in total. The van der Waals surface area contributed by atoms with E-state index in [0.29, 0.717) is 0 Å². The van der Waals surface area contributed by atoms with Gasteiger partial charge in [0.2, 0.25) is 5.91 Å². The Morgan fingerprint density at radius 1 is 1.30 bits per heavy atom. The van der Waals surface area contributed by atoms with Crippen LogP contribution >= 0.6 is 0 Å². The number of carbonyl (C=O) groups is 1. The van der Waals surface area contributed by atoms with E-state index >= 15 is 0 Å².